The summed E-state index contributed by atoms with van der Waals surface area (Å²) in [5, 5.41) is 3.89. The van der Waals surface area contributed by atoms with Gasteiger partial charge in [-0.05, 0) is 41.5 Å². The third-order valence-corrected chi connectivity index (χ3v) is 4.72. The molecular formula is C23H16F3N3O. The SMILES string of the molecule is NC(=O)c1cnc2cc(-c3ccc(C(F)(F)F)cc3)ccc2c1Nc1ccccc1. The number of nitrogens with zero attached hydrogens (tertiary/aromatic N) is 1. The summed E-state index contributed by atoms with van der Waals surface area (Å²) >= 11 is 0. The standard InChI is InChI=1S/C23H16F3N3O/c24-23(25,26)16-9-6-14(7-10-16)15-8-11-18-20(12-15)28-13-19(22(27)30)21(18)29-17-4-2-1-3-5-17/h1-13H,(H2,27,30)(H,28,29). The van der Waals surface area contributed by atoms with Gasteiger partial charge in [0, 0.05) is 17.3 Å². The topological polar surface area (TPSA) is 68.0 Å². The summed E-state index contributed by atoms with van der Waals surface area (Å²) in [7, 11) is 0. The second-order valence-corrected chi connectivity index (χ2v) is 6.71. The van der Waals surface area contributed by atoms with Crippen molar-refractivity contribution < 1.29 is 18.0 Å². The maximum Gasteiger partial charge on any atom is 0.416 e. The number of fused-ring (bicyclic) bond motifs is 1. The first kappa shape index (κ1) is 19.4. The van der Waals surface area contributed by atoms with Crippen LogP contribution in [0.1, 0.15) is 15.9 Å². The largest absolute Gasteiger partial charge is 0.416 e. The zero-order valence-corrected chi connectivity index (χ0v) is 15.6. The summed E-state index contributed by atoms with van der Waals surface area (Å²) in [4.78, 5) is 16.2. The first-order valence-corrected chi connectivity index (χ1v) is 9.05. The lowest BCUT2D eigenvalue weighted by Gasteiger charge is -2.14. The first-order chi connectivity index (χ1) is 14.3. The van der Waals surface area contributed by atoms with Gasteiger partial charge in [0.15, 0.2) is 0 Å². The van der Waals surface area contributed by atoms with Gasteiger partial charge in [0.2, 0.25) is 0 Å². The van der Waals surface area contributed by atoms with E-state index in [2.05, 4.69) is 10.3 Å². The fraction of sp³-hybridized carbons (Fsp3) is 0.0435. The number of carbonyl (C=O) groups is 1. The van der Waals surface area contributed by atoms with E-state index in [1.165, 1.54) is 18.3 Å². The number of nitrogens with one attached hydrogen (secondary N) is 1. The first-order valence-electron chi connectivity index (χ1n) is 9.05. The number of carbonyl (C=O) groups excluding carboxylic acids is 1. The molecule has 3 N–H and O–H groups in total. The van der Waals surface area contributed by atoms with Crippen LogP contribution in [0, 0.1) is 0 Å². The zero-order valence-electron chi connectivity index (χ0n) is 15.6. The Labute approximate surface area is 170 Å². The van der Waals surface area contributed by atoms with Crippen LogP contribution in [0.15, 0.2) is 79.0 Å². The van der Waals surface area contributed by atoms with E-state index in [0.29, 0.717) is 27.7 Å². The number of rotatable bonds is 4. The Morgan fingerprint density at radius 1 is 0.900 bits per heavy atom. The van der Waals surface area contributed by atoms with Crippen molar-refractivity contribution in [2.75, 3.05) is 5.32 Å². The lowest BCUT2D eigenvalue weighted by molar-refractivity contribution is -0.137. The predicted octanol–water partition coefficient (Wildman–Crippen LogP) is 5.76. The van der Waals surface area contributed by atoms with Crippen molar-refractivity contribution in [1.29, 1.82) is 0 Å². The molecule has 1 aromatic heterocycles. The molecule has 0 unspecified atom stereocenters. The quantitative estimate of drug-likeness (QED) is 0.452. The molecule has 150 valence electrons. The van der Waals surface area contributed by atoms with Crippen molar-refractivity contribution in [1.82, 2.24) is 4.98 Å². The highest BCUT2D eigenvalue weighted by atomic mass is 19.4. The van der Waals surface area contributed by atoms with Crippen molar-refractivity contribution in [3.05, 3.63) is 90.1 Å². The molecule has 3 aromatic carbocycles. The van der Waals surface area contributed by atoms with Gasteiger partial charge in [-0.15, -0.1) is 0 Å². The molecule has 4 aromatic rings. The monoisotopic (exact) mass is 407 g/mol. The predicted molar refractivity (Wildman–Crippen MR) is 110 cm³/mol. The molecule has 4 nitrogen and oxygen atoms in total. The number of benzene rings is 3. The number of halogens is 3. The molecule has 4 rings (SSSR count). The molecule has 1 heterocycles. The Balaban J connectivity index is 1.78. The van der Waals surface area contributed by atoms with E-state index in [-0.39, 0.29) is 5.56 Å². The molecule has 1 amide bonds. The Bertz CT molecular complexity index is 1220. The van der Waals surface area contributed by atoms with Crippen LogP contribution in [0.4, 0.5) is 24.5 Å². The van der Waals surface area contributed by atoms with Gasteiger partial charge in [-0.1, -0.05) is 42.5 Å². The minimum Gasteiger partial charge on any atom is -0.365 e. The van der Waals surface area contributed by atoms with Gasteiger partial charge in [0.05, 0.1) is 22.3 Å². The number of amides is 1. The number of hydrogen-bond acceptors (Lipinski definition) is 3. The molecule has 0 fully saturated rings. The van der Waals surface area contributed by atoms with E-state index >= 15 is 0 Å². The highest BCUT2D eigenvalue weighted by molar-refractivity contribution is 6.08. The number of aromatic nitrogens is 1. The number of alkyl halides is 3. The lowest BCUT2D eigenvalue weighted by atomic mass is 10.0. The molecule has 0 aliphatic heterocycles. The summed E-state index contributed by atoms with van der Waals surface area (Å²) in [5.74, 6) is -0.616. The Morgan fingerprint density at radius 2 is 1.57 bits per heavy atom. The average Bonchev–Trinajstić information content (AvgIpc) is 2.73. The normalized spacial score (nSPS) is 11.4. The van der Waals surface area contributed by atoms with Crippen molar-refractivity contribution >= 4 is 28.2 Å². The maximum absolute atomic E-state index is 12.8. The van der Waals surface area contributed by atoms with Crippen LogP contribution in [0.3, 0.4) is 0 Å². The number of nitrogens with two attached hydrogens (primary N) is 1. The van der Waals surface area contributed by atoms with Crippen LogP contribution >= 0.6 is 0 Å². The summed E-state index contributed by atoms with van der Waals surface area (Å²) in [6.07, 6.45) is -2.99. The molecule has 0 spiro atoms. The third-order valence-electron chi connectivity index (χ3n) is 4.72. The van der Waals surface area contributed by atoms with Gasteiger partial charge < -0.3 is 11.1 Å². The fourth-order valence-electron chi connectivity index (χ4n) is 3.21. The van der Waals surface area contributed by atoms with Gasteiger partial charge in [-0.25, -0.2) is 0 Å². The summed E-state index contributed by atoms with van der Waals surface area (Å²) in [5.41, 5.74) is 8.28. The second-order valence-electron chi connectivity index (χ2n) is 6.71. The number of para-hydroxylation sites is 1. The van der Waals surface area contributed by atoms with Crippen LogP contribution < -0.4 is 11.1 Å². The fourth-order valence-corrected chi connectivity index (χ4v) is 3.21. The van der Waals surface area contributed by atoms with Crippen molar-refractivity contribution in [3.8, 4) is 11.1 Å². The van der Waals surface area contributed by atoms with Gasteiger partial charge in [-0.3, -0.25) is 9.78 Å². The minimum atomic E-state index is -4.38. The average molecular weight is 407 g/mol. The van der Waals surface area contributed by atoms with Gasteiger partial charge in [0.25, 0.3) is 5.91 Å². The highest BCUT2D eigenvalue weighted by Crippen LogP contribution is 2.34. The van der Waals surface area contributed by atoms with Crippen LogP contribution in [0.25, 0.3) is 22.0 Å². The molecule has 0 bridgehead atoms. The molecule has 0 saturated carbocycles. The van der Waals surface area contributed by atoms with E-state index in [9.17, 15) is 18.0 Å². The highest BCUT2D eigenvalue weighted by Gasteiger charge is 2.30. The van der Waals surface area contributed by atoms with Gasteiger partial charge >= 0.3 is 6.18 Å². The molecule has 0 saturated heterocycles. The van der Waals surface area contributed by atoms with E-state index in [4.69, 9.17) is 5.73 Å². The number of pyridine rings is 1. The third kappa shape index (κ3) is 3.82. The molecule has 0 atom stereocenters. The molecular weight excluding hydrogens is 391 g/mol. The Kier molecular flexibility index (Phi) is 4.87. The number of primary amides is 1. The van der Waals surface area contributed by atoms with E-state index in [0.717, 1.165) is 17.8 Å². The molecule has 0 radical (unpaired) electrons. The smallest absolute Gasteiger partial charge is 0.365 e. The molecule has 0 aliphatic rings. The zero-order chi connectivity index (χ0) is 21.3. The van der Waals surface area contributed by atoms with Gasteiger partial charge in [0.1, 0.15) is 0 Å². The maximum atomic E-state index is 12.8. The number of hydrogen-bond donors (Lipinski definition) is 2. The second kappa shape index (κ2) is 7.51. The van der Waals surface area contributed by atoms with Gasteiger partial charge in [-0.2, -0.15) is 13.2 Å². The van der Waals surface area contributed by atoms with Crippen LogP contribution in [0.2, 0.25) is 0 Å². The molecule has 7 heteroatoms. The van der Waals surface area contributed by atoms with Crippen molar-refractivity contribution in [2.45, 2.75) is 6.18 Å². The van der Waals surface area contributed by atoms with Crippen LogP contribution in [0.5, 0.6) is 0 Å². The molecule has 30 heavy (non-hydrogen) atoms. The van der Waals surface area contributed by atoms with Crippen LogP contribution in [-0.2, 0) is 6.18 Å². The Hall–Kier alpha value is -3.87. The van der Waals surface area contributed by atoms with Crippen molar-refractivity contribution in [3.63, 3.8) is 0 Å². The van der Waals surface area contributed by atoms with E-state index < -0.39 is 17.6 Å². The van der Waals surface area contributed by atoms with Crippen LogP contribution in [-0.4, -0.2) is 10.9 Å². The lowest BCUT2D eigenvalue weighted by Crippen LogP contribution is -2.14. The van der Waals surface area contributed by atoms with E-state index in [1.807, 2.05) is 30.3 Å². The van der Waals surface area contributed by atoms with Crippen molar-refractivity contribution in [2.24, 2.45) is 5.73 Å². The molecule has 0 aliphatic carbocycles. The number of anilines is 2. The summed E-state index contributed by atoms with van der Waals surface area (Å²) < 4.78 is 38.4. The summed E-state index contributed by atoms with van der Waals surface area (Å²) in [6, 6.07) is 19.5. The summed E-state index contributed by atoms with van der Waals surface area (Å²) in [6.45, 7) is 0. The Morgan fingerprint density at radius 3 is 2.20 bits per heavy atom. The minimum absolute atomic E-state index is 0.244. The van der Waals surface area contributed by atoms with E-state index in [1.54, 1.807) is 18.2 Å².